The van der Waals surface area contributed by atoms with Crippen LogP contribution in [0.15, 0.2) is 52.0 Å². The fraction of sp³-hybridized carbons (Fsp3) is 0.0667. The van der Waals surface area contributed by atoms with E-state index in [1.54, 1.807) is 24.3 Å². The Balaban J connectivity index is 2.23. The van der Waals surface area contributed by atoms with E-state index in [0.717, 1.165) is 4.47 Å². The van der Waals surface area contributed by atoms with Crippen molar-refractivity contribution in [2.75, 3.05) is 7.11 Å². The molecule has 0 aliphatic carbocycles. The maximum absolute atomic E-state index is 12.6. The molecule has 23 heavy (non-hydrogen) atoms. The first-order valence-corrected chi connectivity index (χ1v) is 7.30. The van der Waals surface area contributed by atoms with Crippen LogP contribution < -0.4 is 10.3 Å². The van der Waals surface area contributed by atoms with Gasteiger partial charge in [-0.3, -0.25) is 19.5 Å². The first-order chi connectivity index (χ1) is 11.0. The lowest BCUT2D eigenvalue weighted by Crippen LogP contribution is -2.18. The first kappa shape index (κ1) is 15.2. The Kier molecular flexibility index (Phi) is 3.83. The quantitative estimate of drug-likeness (QED) is 0.518. The summed E-state index contributed by atoms with van der Waals surface area (Å²) < 4.78 is 7.04. The maximum Gasteiger partial charge on any atom is 0.313 e. The molecule has 0 fully saturated rings. The highest BCUT2D eigenvalue weighted by atomic mass is 79.9. The zero-order valence-corrected chi connectivity index (χ0v) is 13.5. The topological polar surface area (TPSA) is 87.3 Å². The van der Waals surface area contributed by atoms with Crippen LogP contribution in [0.1, 0.15) is 0 Å². The highest BCUT2D eigenvalue weighted by Gasteiger charge is 2.17. The molecule has 0 bridgehead atoms. The molecule has 0 atom stereocenters. The minimum atomic E-state index is -0.557. The van der Waals surface area contributed by atoms with Crippen LogP contribution in [-0.4, -0.2) is 21.6 Å². The summed E-state index contributed by atoms with van der Waals surface area (Å²) in [5, 5.41) is 11.5. The molecule has 0 aliphatic heterocycles. The molecule has 0 saturated heterocycles. The lowest BCUT2D eigenvalue weighted by atomic mass is 10.2. The zero-order valence-electron chi connectivity index (χ0n) is 11.9. The summed E-state index contributed by atoms with van der Waals surface area (Å²) in [6.07, 6.45) is 1.35. The van der Waals surface area contributed by atoms with Crippen molar-refractivity contribution < 1.29 is 9.66 Å². The van der Waals surface area contributed by atoms with E-state index in [4.69, 9.17) is 4.74 Å². The van der Waals surface area contributed by atoms with Gasteiger partial charge in [-0.25, -0.2) is 4.98 Å². The summed E-state index contributed by atoms with van der Waals surface area (Å²) in [5.74, 6) is 0.129. The van der Waals surface area contributed by atoms with Crippen molar-refractivity contribution in [1.82, 2.24) is 9.55 Å². The minimum absolute atomic E-state index is 0.129. The van der Waals surface area contributed by atoms with E-state index in [1.165, 1.54) is 30.1 Å². The number of hydrogen-bond acceptors (Lipinski definition) is 5. The molecule has 0 saturated carbocycles. The smallest absolute Gasteiger partial charge is 0.313 e. The average molecular weight is 376 g/mol. The maximum atomic E-state index is 12.6. The van der Waals surface area contributed by atoms with Crippen LogP contribution in [0.4, 0.5) is 5.69 Å². The van der Waals surface area contributed by atoms with E-state index < -0.39 is 4.92 Å². The molecule has 0 amide bonds. The predicted molar refractivity (Wildman–Crippen MR) is 88.2 cm³/mol. The second kappa shape index (κ2) is 5.81. The fourth-order valence-electron chi connectivity index (χ4n) is 2.25. The highest BCUT2D eigenvalue weighted by Crippen LogP contribution is 2.28. The Bertz CT molecular complexity index is 984. The summed E-state index contributed by atoms with van der Waals surface area (Å²) in [6.45, 7) is 0. The summed E-state index contributed by atoms with van der Waals surface area (Å²) in [7, 11) is 1.35. The third-order valence-electron chi connectivity index (χ3n) is 3.36. The molecule has 0 aliphatic rings. The first-order valence-electron chi connectivity index (χ1n) is 6.51. The molecule has 0 unspecified atom stereocenters. The Morgan fingerprint density at radius 3 is 2.74 bits per heavy atom. The number of aromatic nitrogens is 2. The van der Waals surface area contributed by atoms with Crippen molar-refractivity contribution in [3.63, 3.8) is 0 Å². The van der Waals surface area contributed by atoms with Crippen LogP contribution in [-0.2, 0) is 0 Å². The van der Waals surface area contributed by atoms with Gasteiger partial charge in [0.2, 0.25) is 0 Å². The Labute approximate surface area is 138 Å². The standard InChI is InChI=1S/C15H10BrN3O4/c1-23-14-5-3-10(7-13(14)19(21)22)18-8-17-12-6-9(16)2-4-11(12)15(18)20/h2-8H,1H3. The molecule has 3 rings (SSSR count). The third-order valence-corrected chi connectivity index (χ3v) is 3.85. The number of nitro benzene ring substituents is 1. The van der Waals surface area contributed by atoms with Gasteiger partial charge in [-0.2, -0.15) is 0 Å². The molecule has 8 heteroatoms. The number of nitrogens with zero attached hydrogens (tertiary/aromatic N) is 3. The Hall–Kier alpha value is -2.74. The summed E-state index contributed by atoms with van der Waals surface area (Å²) in [4.78, 5) is 27.4. The summed E-state index contributed by atoms with van der Waals surface area (Å²) in [6, 6.07) is 9.44. The van der Waals surface area contributed by atoms with E-state index in [-0.39, 0.29) is 17.0 Å². The average Bonchev–Trinajstić information content (AvgIpc) is 2.54. The molecule has 2 aromatic carbocycles. The van der Waals surface area contributed by atoms with Crippen LogP contribution in [0.5, 0.6) is 5.75 Å². The number of ether oxygens (including phenoxy) is 1. The van der Waals surface area contributed by atoms with Crippen molar-refractivity contribution >= 4 is 32.5 Å². The molecular weight excluding hydrogens is 366 g/mol. The van der Waals surface area contributed by atoms with Gasteiger partial charge in [0.25, 0.3) is 5.56 Å². The lowest BCUT2D eigenvalue weighted by molar-refractivity contribution is -0.385. The number of hydrogen-bond donors (Lipinski definition) is 0. The predicted octanol–water partition coefficient (Wildman–Crippen LogP) is 3.07. The van der Waals surface area contributed by atoms with Gasteiger partial charge in [-0.1, -0.05) is 15.9 Å². The van der Waals surface area contributed by atoms with E-state index in [1.807, 2.05) is 0 Å². The van der Waals surface area contributed by atoms with Gasteiger partial charge < -0.3 is 4.74 Å². The van der Waals surface area contributed by atoms with Crippen LogP contribution >= 0.6 is 15.9 Å². The van der Waals surface area contributed by atoms with Crippen molar-refractivity contribution in [2.45, 2.75) is 0 Å². The monoisotopic (exact) mass is 375 g/mol. The minimum Gasteiger partial charge on any atom is -0.490 e. The number of methoxy groups -OCH3 is 1. The van der Waals surface area contributed by atoms with E-state index in [0.29, 0.717) is 16.6 Å². The molecule has 0 N–H and O–H groups in total. The Morgan fingerprint density at radius 1 is 1.26 bits per heavy atom. The summed E-state index contributed by atoms with van der Waals surface area (Å²) in [5.41, 5.74) is 0.373. The molecule has 1 aromatic heterocycles. The SMILES string of the molecule is COc1ccc(-n2cnc3cc(Br)ccc3c2=O)cc1[N+](=O)[O-]. The van der Waals surface area contributed by atoms with Gasteiger partial charge in [-0.15, -0.1) is 0 Å². The lowest BCUT2D eigenvalue weighted by Gasteiger charge is -2.08. The number of halogens is 1. The zero-order chi connectivity index (χ0) is 16.6. The van der Waals surface area contributed by atoms with E-state index in [2.05, 4.69) is 20.9 Å². The number of nitro groups is 1. The van der Waals surface area contributed by atoms with E-state index in [9.17, 15) is 14.9 Å². The number of benzene rings is 2. The molecule has 3 aromatic rings. The third kappa shape index (κ3) is 2.68. The van der Waals surface area contributed by atoms with E-state index >= 15 is 0 Å². The van der Waals surface area contributed by atoms with Gasteiger partial charge in [0.15, 0.2) is 5.75 Å². The Morgan fingerprint density at radius 2 is 2.04 bits per heavy atom. The van der Waals surface area contributed by atoms with Crippen molar-refractivity contribution in [3.05, 3.63) is 67.7 Å². The second-order valence-electron chi connectivity index (χ2n) is 4.69. The van der Waals surface area contributed by atoms with Crippen molar-refractivity contribution in [2.24, 2.45) is 0 Å². The largest absolute Gasteiger partial charge is 0.490 e. The van der Waals surface area contributed by atoms with Crippen LogP contribution in [0.2, 0.25) is 0 Å². The van der Waals surface area contributed by atoms with Gasteiger partial charge in [0.05, 0.1) is 28.6 Å². The van der Waals surface area contributed by atoms with Gasteiger partial charge >= 0.3 is 5.69 Å². The van der Waals surface area contributed by atoms with Crippen LogP contribution in [0, 0.1) is 10.1 Å². The van der Waals surface area contributed by atoms with Gasteiger partial charge in [-0.05, 0) is 30.3 Å². The van der Waals surface area contributed by atoms with Crippen molar-refractivity contribution in [1.29, 1.82) is 0 Å². The fourth-order valence-corrected chi connectivity index (χ4v) is 2.60. The molecular formula is C15H10BrN3O4. The van der Waals surface area contributed by atoms with Crippen LogP contribution in [0.25, 0.3) is 16.6 Å². The molecule has 116 valence electrons. The number of fused-ring (bicyclic) bond motifs is 1. The van der Waals surface area contributed by atoms with Gasteiger partial charge in [0.1, 0.15) is 6.33 Å². The molecule has 0 spiro atoms. The molecule has 7 nitrogen and oxygen atoms in total. The molecule has 0 radical (unpaired) electrons. The summed E-state index contributed by atoms with van der Waals surface area (Å²) >= 11 is 3.32. The van der Waals surface area contributed by atoms with Gasteiger partial charge in [0, 0.05) is 10.5 Å². The highest BCUT2D eigenvalue weighted by molar-refractivity contribution is 9.10. The van der Waals surface area contributed by atoms with Crippen molar-refractivity contribution in [3.8, 4) is 11.4 Å². The second-order valence-corrected chi connectivity index (χ2v) is 5.61. The molecule has 1 heterocycles. The number of rotatable bonds is 3. The van der Waals surface area contributed by atoms with Crippen LogP contribution in [0.3, 0.4) is 0 Å². The normalized spacial score (nSPS) is 10.7.